The average Bonchev–Trinajstić information content (AvgIpc) is 2.65. The van der Waals surface area contributed by atoms with E-state index in [4.69, 9.17) is 9.47 Å². The molecule has 0 bridgehead atoms. The first-order valence-electron chi connectivity index (χ1n) is 8.51. The minimum absolute atomic E-state index is 0.210. The molecule has 0 radical (unpaired) electrons. The molecule has 1 aromatic rings. The number of rotatable bonds is 9. The first kappa shape index (κ1) is 21.9. The smallest absolute Gasteiger partial charge is 0.345 e. The highest BCUT2D eigenvalue weighted by molar-refractivity contribution is 5.88. The lowest BCUT2D eigenvalue weighted by molar-refractivity contribution is -0.165. The highest BCUT2D eigenvalue weighted by Crippen LogP contribution is 2.36. The Bertz CT molecular complexity index is 798. The molecule has 4 heteroatoms. The van der Waals surface area contributed by atoms with Crippen molar-refractivity contribution in [3.05, 3.63) is 90.6 Å². The molecule has 0 aliphatic carbocycles. The summed E-state index contributed by atoms with van der Waals surface area (Å²) < 4.78 is 10.6. The molecule has 4 nitrogen and oxygen atoms in total. The molecule has 27 heavy (non-hydrogen) atoms. The molecular formula is C23H26O4. The molecule has 1 atom stereocenters. The van der Waals surface area contributed by atoms with Crippen molar-refractivity contribution in [2.45, 2.75) is 26.4 Å². The highest BCUT2D eigenvalue weighted by Gasteiger charge is 2.35. The van der Waals surface area contributed by atoms with Crippen LogP contribution in [-0.4, -0.2) is 18.5 Å². The van der Waals surface area contributed by atoms with Gasteiger partial charge in [-0.25, -0.2) is 9.59 Å². The maximum absolute atomic E-state index is 12.4. The number of allylic oxidation sites excluding steroid dienone is 3. The third-order valence-corrected chi connectivity index (χ3v) is 3.90. The summed E-state index contributed by atoms with van der Waals surface area (Å²) in [5, 5.41) is 0. The van der Waals surface area contributed by atoms with Gasteiger partial charge in [0, 0.05) is 11.1 Å². The molecule has 0 spiro atoms. The molecule has 0 aliphatic heterocycles. The van der Waals surface area contributed by atoms with Crippen molar-refractivity contribution in [3.63, 3.8) is 0 Å². The number of esters is 2. The highest BCUT2D eigenvalue weighted by atomic mass is 16.6. The maximum atomic E-state index is 12.4. The Kier molecular flexibility index (Phi) is 8.21. The van der Waals surface area contributed by atoms with Gasteiger partial charge < -0.3 is 9.47 Å². The van der Waals surface area contributed by atoms with E-state index in [2.05, 4.69) is 19.7 Å². The van der Waals surface area contributed by atoms with Gasteiger partial charge in [0.15, 0.2) is 12.2 Å². The van der Waals surface area contributed by atoms with E-state index in [1.54, 1.807) is 19.1 Å². The number of hydrogen-bond acceptors (Lipinski definition) is 4. The van der Waals surface area contributed by atoms with Gasteiger partial charge in [0.25, 0.3) is 0 Å². The first-order chi connectivity index (χ1) is 12.8. The van der Waals surface area contributed by atoms with Crippen LogP contribution in [0.1, 0.15) is 31.9 Å². The Balaban J connectivity index is 3.20. The fourth-order valence-electron chi connectivity index (χ4n) is 2.35. The van der Waals surface area contributed by atoms with Crippen molar-refractivity contribution in [3.8, 4) is 0 Å². The predicted octanol–water partition coefficient (Wildman–Crippen LogP) is 4.90. The van der Waals surface area contributed by atoms with Crippen LogP contribution in [-0.2, 0) is 24.7 Å². The number of carbonyl (C=O) groups excluding carboxylic acids is 2. The van der Waals surface area contributed by atoms with Gasteiger partial charge in [0.1, 0.15) is 0 Å². The number of carbonyl (C=O) groups is 2. The molecule has 0 fully saturated rings. The molecule has 0 aliphatic rings. The van der Waals surface area contributed by atoms with E-state index in [-0.39, 0.29) is 5.57 Å². The van der Waals surface area contributed by atoms with Gasteiger partial charge in [0.05, 0.1) is 0 Å². The molecular weight excluding hydrogens is 340 g/mol. The lowest BCUT2D eigenvalue weighted by Crippen LogP contribution is -2.33. The minimum atomic E-state index is -1.16. The summed E-state index contributed by atoms with van der Waals surface area (Å²) in [6.45, 7) is 16.0. The van der Waals surface area contributed by atoms with Gasteiger partial charge in [-0.1, -0.05) is 74.4 Å². The fourth-order valence-corrected chi connectivity index (χ4v) is 2.35. The zero-order valence-electron chi connectivity index (χ0n) is 16.2. The molecule has 0 saturated heterocycles. The molecule has 0 amide bonds. The summed E-state index contributed by atoms with van der Waals surface area (Å²) in [4.78, 5) is 23.9. The third kappa shape index (κ3) is 5.96. The zero-order valence-corrected chi connectivity index (χ0v) is 16.2. The topological polar surface area (TPSA) is 52.6 Å². The molecule has 1 rings (SSSR count). The van der Waals surface area contributed by atoms with Crippen LogP contribution in [0.4, 0.5) is 0 Å². The first-order valence-corrected chi connectivity index (χ1v) is 8.51. The minimum Gasteiger partial charge on any atom is -0.450 e. The molecule has 0 N–H and O–H groups in total. The second-order valence-corrected chi connectivity index (χ2v) is 6.07. The van der Waals surface area contributed by atoms with Crippen molar-refractivity contribution < 1.29 is 19.1 Å². The van der Waals surface area contributed by atoms with Crippen molar-refractivity contribution >= 4 is 18.0 Å². The fraction of sp³-hybridized carbons (Fsp3) is 0.217. The Morgan fingerprint density at radius 2 is 1.85 bits per heavy atom. The van der Waals surface area contributed by atoms with E-state index in [1.165, 1.54) is 6.92 Å². The van der Waals surface area contributed by atoms with E-state index < -0.39 is 24.1 Å². The Morgan fingerprint density at radius 1 is 1.19 bits per heavy atom. The van der Waals surface area contributed by atoms with Crippen LogP contribution in [0.2, 0.25) is 0 Å². The standard InChI is InChI=1S/C23H26O4/c1-7-9-10-13-18(5)23(6,20-15-12-11-14-19(20)8-2)27-21(24)16-26-22(25)17(3)4/h7-15H,2-3,5,16H2,1,4,6H3/b9-7-,13-10-. The van der Waals surface area contributed by atoms with Gasteiger partial charge in [-0.2, -0.15) is 0 Å². The van der Waals surface area contributed by atoms with Gasteiger partial charge in [0.2, 0.25) is 0 Å². The normalized spacial score (nSPS) is 13.1. The predicted molar refractivity (Wildman–Crippen MR) is 109 cm³/mol. The Hall–Kier alpha value is -3.14. The SMILES string of the molecule is C=Cc1ccccc1C(C)(OC(=O)COC(=O)C(=C)C)C(=C)/C=C\C=C/C. The molecule has 0 aromatic heterocycles. The summed E-state index contributed by atoms with van der Waals surface area (Å²) in [5.41, 5.74) is 1.16. The number of benzene rings is 1. The average molecular weight is 366 g/mol. The van der Waals surface area contributed by atoms with E-state index in [9.17, 15) is 9.59 Å². The monoisotopic (exact) mass is 366 g/mol. The second kappa shape index (κ2) is 10.1. The lowest BCUT2D eigenvalue weighted by atomic mass is 9.85. The quantitative estimate of drug-likeness (QED) is 0.354. The van der Waals surface area contributed by atoms with E-state index in [0.29, 0.717) is 5.57 Å². The summed E-state index contributed by atoms with van der Waals surface area (Å²) in [7, 11) is 0. The van der Waals surface area contributed by atoms with Gasteiger partial charge in [-0.05, 0) is 31.9 Å². The molecule has 0 heterocycles. The van der Waals surface area contributed by atoms with Crippen LogP contribution in [0, 0.1) is 0 Å². The van der Waals surface area contributed by atoms with E-state index >= 15 is 0 Å². The van der Waals surface area contributed by atoms with E-state index in [1.807, 2.05) is 49.4 Å². The van der Waals surface area contributed by atoms with Crippen LogP contribution in [0.3, 0.4) is 0 Å². The van der Waals surface area contributed by atoms with Crippen molar-refractivity contribution in [2.75, 3.05) is 6.61 Å². The van der Waals surface area contributed by atoms with Crippen LogP contribution < -0.4 is 0 Å². The summed E-state index contributed by atoms with van der Waals surface area (Å²) in [6, 6.07) is 7.44. The van der Waals surface area contributed by atoms with Crippen molar-refractivity contribution in [1.82, 2.24) is 0 Å². The second-order valence-electron chi connectivity index (χ2n) is 6.07. The van der Waals surface area contributed by atoms with E-state index in [0.717, 1.165) is 11.1 Å². The Morgan fingerprint density at radius 3 is 2.44 bits per heavy atom. The van der Waals surface area contributed by atoms with Gasteiger partial charge >= 0.3 is 11.9 Å². The number of hydrogen-bond donors (Lipinski definition) is 0. The molecule has 1 unspecified atom stereocenters. The maximum Gasteiger partial charge on any atom is 0.345 e. The largest absolute Gasteiger partial charge is 0.450 e. The summed E-state index contributed by atoms with van der Waals surface area (Å²) in [5.74, 6) is -1.33. The van der Waals surface area contributed by atoms with Crippen LogP contribution in [0.25, 0.3) is 6.08 Å². The van der Waals surface area contributed by atoms with Crippen LogP contribution >= 0.6 is 0 Å². The van der Waals surface area contributed by atoms with Crippen LogP contribution in [0.15, 0.2) is 79.5 Å². The summed E-state index contributed by atoms with van der Waals surface area (Å²) in [6.07, 6.45) is 8.99. The Labute approximate surface area is 161 Å². The molecule has 0 saturated carbocycles. The van der Waals surface area contributed by atoms with Gasteiger partial charge in [-0.15, -0.1) is 0 Å². The third-order valence-electron chi connectivity index (χ3n) is 3.90. The summed E-state index contributed by atoms with van der Waals surface area (Å²) >= 11 is 0. The molecule has 142 valence electrons. The number of ether oxygens (including phenoxy) is 2. The van der Waals surface area contributed by atoms with Crippen LogP contribution in [0.5, 0.6) is 0 Å². The van der Waals surface area contributed by atoms with Crippen molar-refractivity contribution in [2.24, 2.45) is 0 Å². The lowest BCUT2D eigenvalue weighted by Gasteiger charge is -2.32. The zero-order chi connectivity index (χ0) is 20.4. The van der Waals surface area contributed by atoms with Crippen molar-refractivity contribution in [1.29, 1.82) is 0 Å². The molecule has 1 aromatic carbocycles. The van der Waals surface area contributed by atoms with Gasteiger partial charge in [-0.3, -0.25) is 0 Å².